The lowest BCUT2D eigenvalue weighted by Crippen LogP contribution is -2.33. The van der Waals surface area contributed by atoms with Crippen LogP contribution in [0.25, 0.3) is 0 Å². The summed E-state index contributed by atoms with van der Waals surface area (Å²) in [6, 6.07) is 9.36. The van der Waals surface area contributed by atoms with Gasteiger partial charge in [0.2, 0.25) is 5.82 Å². The zero-order valence-corrected chi connectivity index (χ0v) is 20.7. The van der Waals surface area contributed by atoms with Gasteiger partial charge in [0, 0.05) is 21.2 Å². The van der Waals surface area contributed by atoms with Gasteiger partial charge in [0.05, 0.1) is 6.07 Å². The van der Waals surface area contributed by atoms with Crippen LogP contribution in [0.15, 0.2) is 56.1 Å². The Morgan fingerprint density at radius 3 is 2.21 bits per heavy atom. The van der Waals surface area contributed by atoms with Crippen molar-refractivity contribution in [3.63, 3.8) is 0 Å². The zero-order chi connectivity index (χ0) is 20.8. The minimum atomic E-state index is 0.422. The third-order valence-electron chi connectivity index (χ3n) is 3.61. The smallest absolute Gasteiger partial charge is 0.323 e. The largest absolute Gasteiger partial charge is 0.455 e. The Morgan fingerprint density at radius 2 is 1.64 bits per heavy atom. The van der Waals surface area contributed by atoms with Gasteiger partial charge >= 0.3 is 5.82 Å². The number of hydrogen-bond donors (Lipinski definition) is 2. The first-order valence-corrected chi connectivity index (χ1v) is 11.0. The van der Waals surface area contributed by atoms with Crippen LogP contribution in [0.5, 0.6) is 11.5 Å². The Kier molecular flexibility index (Phi) is 8.27. The van der Waals surface area contributed by atoms with Gasteiger partial charge in [-0.1, -0.05) is 34.5 Å². The maximum absolute atomic E-state index is 10.2. The number of aromatic nitrogens is 2. The highest BCUT2D eigenvalue weighted by molar-refractivity contribution is 9.11. The summed E-state index contributed by atoms with van der Waals surface area (Å²) >= 11 is 10.3. The lowest BCUT2D eigenvalue weighted by Gasteiger charge is -2.13. The minimum absolute atomic E-state index is 0.422. The lowest BCUT2D eigenvalue weighted by molar-refractivity contribution is -0.893. The average Bonchev–Trinajstić information content (AvgIpc) is 2.65. The van der Waals surface area contributed by atoms with Crippen molar-refractivity contribution in [3.05, 3.63) is 67.3 Å². The van der Waals surface area contributed by atoms with Gasteiger partial charge in [-0.25, -0.2) is 10.3 Å². The maximum atomic E-state index is 10.2. The first-order valence-electron chi connectivity index (χ1n) is 8.61. The number of ether oxygens (including phenoxy) is 1. The molecule has 5 nitrogen and oxygen atoms in total. The molecule has 2 aromatic heterocycles. The molecule has 1 aromatic carbocycles. The van der Waals surface area contributed by atoms with E-state index in [0.29, 0.717) is 21.9 Å². The molecule has 28 heavy (non-hydrogen) atoms. The lowest BCUT2D eigenvalue weighted by atomic mass is 10.1. The van der Waals surface area contributed by atoms with Crippen molar-refractivity contribution in [2.75, 3.05) is 5.32 Å². The van der Waals surface area contributed by atoms with E-state index in [1.165, 1.54) is 6.20 Å². The molecule has 0 spiro atoms. The Hall–Kier alpha value is -1.64. The molecule has 0 saturated heterocycles. The molecule has 0 amide bonds. The molecule has 2 heterocycles. The first kappa shape index (κ1) is 22.6. The molecule has 0 unspecified atom stereocenters. The van der Waals surface area contributed by atoms with Crippen LogP contribution in [0.3, 0.4) is 0 Å². The number of anilines is 2. The SMILES string of the molecule is CC.Cc1cc(Br)cc(C)c1Oc1cc(Nc2ccc(Br)cn2)[n+](O)cc1Br. The van der Waals surface area contributed by atoms with Crippen LogP contribution in [-0.2, 0) is 0 Å². The number of nitrogens with one attached hydrogen (secondary N) is 1. The summed E-state index contributed by atoms with van der Waals surface area (Å²) in [5, 5.41) is 13.2. The second kappa shape index (κ2) is 10.2. The molecule has 0 bridgehead atoms. The fourth-order valence-corrected chi connectivity index (χ4v) is 3.73. The minimum Gasteiger partial charge on any atom is -0.455 e. The maximum Gasteiger partial charge on any atom is 0.323 e. The molecule has 0 atom stereocenters. The summed E-state index contributed by atoms with van der Waals surface area (Å²) in [5.41, 5.74) is 2.02. The Bertz CT molecular complexity index is 941. The number of pyridine rings is 2. The van der Waals surface area contributed by atoms with E-state index in [-0.39, 0.29) is 0 Å². The normalized spacial score (nSPS) is 10.1. The summed E-state index contributed by atoms with van der Waals surface area (Å²) < 4.78 is 9.59. The molecule has 3 rings (SSSR count). The van der Waals surface area contributed by atoms with E-state index in [2.05, 4.69) is 58.1 Å². The summed E-state index contributed by atoms with van der Waals surface area (Å²) in [4.78, 5) is 4.25. The fraction of sp³-hybridized carbons (Fsp3) is 0.200. The second-order valence-electron chi connectivity index (χ2n) is 5.67. The van der Waals surface area contributed by atoms with Crippen LogP contribution in [-0.4, -0.2) is 10.2 Å². The van der Waals surface area contributed by atoms with E-state index in [9.17, 15) is 5.21 Å². The van der Waals surface area contributed by atoms with E-state index in [0.717, 1.165) is 30.6 Å². The van der Waals surface area contributed by atoms with Gasteiger partial charge in [0.15, 0.2) is 11.9 Å². The molecule has 8 heteroatoms. The Labute approximate surface area is 190 Å². The quantitative estimate of drug-likeness (QED) is 0.258. The van der Waals surface area contributed by atoms with Crippen molar-refractivity contribution in [2.45, 2.75) is 27.7 Å². The van der Waals surface area contributed by atoms with Gasteiger partial charge in [-0.15, -0.1) is 0 Å². The molecule has 0 fully saturated rings. The van der Waals surface area contributed by atoms with Crippen molar-refractivity contribution in [1.29, 1.82) is 0 Å². The van der Waals surface area contributed by atoms with Crippen LogP contribution in [0.2, 0.25) is 0 Å². The van der Waals surface area contributed by atoms with Gasteiger partial charge in [0.25, 0.3) is 0 Å². The topological polar surface area (TPSA) is 58.3 Å². The molecular weight excluding hydrogens is 554 g/mol. The molecule has 0 aliphatic heterocycles. The van der Waals surface area contributed by atoms with Crippen LogP contribution in [0, 0.1) is 13.8 Å². The van der Waals surface area contributed by atoms with Crippen LogP contribution >= 0.6 is 47.8 Å². The van der Waals surface area contributed by atoms with Crippen molar-refractivity contribution >= 4 is 59.4 Å². The predicted molar refractivity (Wildman–Crippen MR) is 122 cm³/mol. The number of halogens is 3. The summed E-state index contributed by atoms with van der Waals surface area (Å²) in [5.74, 6) is 2.37. The predicted octanol–water partition coefficient (Wildman–Crippen LogP) is 7.07. The van der Waals surface area contributed by atoms with Crippen LogP contribution in [0.4, 0.5) is 11.6 Å². The third kappa shape index (κ3) is 5.68. The van der Waals surface area contributed by atoms with Gasteiger partial charge in [0.1, 0.15) is 10.2 Å². The van der Waals surface area contributed by atoms with Crippen LogP contribution in [0.1, 0.15) is 25.0 Å². The molecule has 0 aliphatic carbocycles. The Balaban J connectivity index is 0.00000136. The molecule has 3 aromatic rings. The van der Waals surface area contributed by atoms with E-state index in [1.807, 2.05) is 45.9 Å². The number of hydrogen-bond acceptors (Lipinski definition) is 4. The van der Waals surface area contributed by atoms with E-state index < -0.39 is 0 Å². The summed E-state index contributed by atoms with van der Waals surface area (Å²) in [6.07, 6.45) is 3.19. The fourth-order valence-electron chi connectivity index (χ4n) is 2.42. The summed E-state index contributed by atoms with van der Waals surface area (Å²) in [6.45, 7) is 7.97. The van der Waals surface area contributed by atoms with E-state index in [4.69, 9.17) is 4.74 Å². The van der Waals surface area contributed by atoms with Gasteiger partial charge in [-0.05, 0) is 75.0 Å². The van der Waals surface area contributed by atoms with Crippen molar-refractivity contribution < 1.29 is 14.7 Å². The zero-order valence-electron chi connectivity index (χ0n) is 15.9. The third-order valence-corrected chi connectivity index (χ3v) is 5.13. The van der Waals surface area contributed by atoms with Crippen molar-refractivity contribution in [3.8, 4) is 11.5 Å². The Morgan fingerprint density at radius 1 is 1.00 bits per heavy atom. The highest BCUT2D eigenvalue weighted by atomic mass is 79.9. The molecular formula is C20H21Br3N3O2+. The average molecular weight is 575 g/mol. The summed E-state index contributed by atoms with van der Waals surface area (Å²) in [7, 11) is 0. The number of rotatable bonds is 4. The van der Waals surface area contributed by atoms with Gasteiger partial charge in [-0.3, -0.25) is 0 Å². The van der Waals surface area contributed by atoms with Gasteiger partial charge < -0.3 is 9.94 Å². The monoisotopic (exact) mass is 572 g/mol. The highest BCUT2D eigenvalue weighted by Gasteiger charge is 2.18. The molecule has 0 aliphatic rings. The number of aryl methyl sites for hydroxylation is 2. The molecule has 2 N–H and O–H groups in total. The van der Waals surface area contributed by atoms with Crippen LogP contribution < -0.4 is 14.8 Å². The van der Waals surface area contributed by atoms with Crippen molar-refractivity contribution in [1.82, 2.24) is 4.98 Å². The van der Waals surface area contributed by atoms with Crippen molar-refractivity contribution in [2.24, 2.45) is 0 Å². The number of benzene rings is 1. The second-order valence-corrected chi connectivity index (χ2v) is 8.36. The number of nitrogens with zero attached hydrogens (tertiary/aromatic N) is 2. The molecule has 0 radical (unpaired) electrons. The van der Waals surface area contributed by atoms with E-state index >= 15 is 0 Å². The molecule has 0 saturated carbocycles. The highest BCUT2D eigenvalue weighted by Crippen LogP contribution is 2.35. The molecule has 148 valence electrons. The standard InChI is InChI=1S/C18H14Br3N3O2.C2H6/c1-10-5-13(20)6-11(2)18(10)26-15-7-17(24(25)9-14(15)21)23-16-4-3-12(19)8-22-16;1-2/h3-9,25H,1-2H3;1-2H3/p+1. The van der Waals surface area contributed by atoms with Gasteiger partial charge in [-0.2, -0.15) is 0 Å². The first-order chi connectivity index (χ1) is 13.3. The van der Waals surface area contributed by atoms with E-state index in [1.54, 1.807) is 18.3 Å².